The van der Waals surface area contributed by atoms with Gasteiger partial charge in [0.05, 0.1) is 69.7 Å². The number of aryl methyl sites for hydroxylation is 1. The third kappa shape index (κ3) is 14.0. The van der Waals surface area contributed by atoms with Crippen molar-refractivity contribution in [2.45, 2.75) is 151 Å². The molecule has 396 valence electrons. The number of aliphatic hydroxyl groups excluding tert-OH is 1. The standard InChI is InChI=1S/C54H74N8O9S2/c1-30-43(72-28-55-30)34-18-20-36(21-19-34)45(52(4,5)6)60-49(67)42-23-38(25-62(42)51(69)47(54(10,11)12)58-32(3)64)71-27-40-44(73-29-56-40)35-16-14-33(15-17-35)39(26-70-13)59-48(66)41-22-37(65)24-61(41)50(68)46(53(7,8)9)57-31(2)63/h14-21,28-29,37-39,41-42,45-47,65H,22-27H2,1-13H3,(H,57,63)(H,58,64)(H,59,66)(H,60,67)/t37-,38-,39+,41?,42+,45-,46-,47-/m1/s1. The number of ether oxygens (including phenoxy) is 2. The van der Waals surface area contributed by atoms with E-state index in [1.54, 1.807) is 21.7 Å². The normalized spacial score (nSPS) is 20.0. The van der Waals surface area contributed by atoms with Crippen LogP contribution in [0.25, 0.3) is 20.9 Å². The number of carbonyl (C=O) groups excluding carboxylic acids is 6. The molecule has 2 aliphatic heterocycles. The fraction of sp³-hybridized carbons (Fsp3) is 0.556. The van der Waals surface area contributed by atoms with Crippen LogP contribution in [0.4, 0.5) is 0 Å². The Hall–Kier alpha value is -5.60. The van der Waals surface area contributed by atoms with Gasteiger partial charge in [0.25, 0.3) is 0 Å². The number of nitrogens with one attached hydrogen (secondary N) is 4. The van der Waals surface area contributed by atoms with Crippen LogP contribution < -0.4 is 21.3 Å². The summed E-state index contributed by atoms with van der Waals surface area (Å²) in [5, 5.41) is 22.6. The van der Waals surface area contributed by atoms with Crippen molar-refractivity contribution in [3.8, 4) is 20.9 Å². The van der Waals surface area contributed by atoms with Crippen LogP contribution in [0.3, 0.4) is 0 Å². The Morgan fingerprint density at radius 1 is 0.671 bits per heavy atom. The van der Waals surface area contributed by atoms with Gasteiger partial charge in [-0.25, -0.2) is 9.97 Å². The van der Waals surface area contributed by atoms with E-state index in [1.807, 2.05) is 103 Å². The Morgan fingerprint density at radius 2 is 1.16 bits per heavy atom. The Morgan fingerprint density at radius 3 is 1.67 bits per heavy atom. The molecule has 0 radical (unpaired) electrons. The average molecular weight is 1040 g/mol. The summed E-state index contributed by atoms with van der Waals surface area (Å²) in [5.74, 6) is -2.31. The molecule has 4 heterocycles. The predicted octanol–water partition coefficient (Wildman–Crippen LogP) is 6.50. The van der Waals surface area contributed by atoms with Crippen molar-refractivity contribution in [2.75, 3.05) is 26.8 Å². The van der Waals surface area contributed by atoms with E-state index in [1.165, 1.54) is 37.2 Å². The van der Waals surface area contributed by atoms with E-state index in [-0.39, 0.29) is 62.8 Å². The molecule has 6 amide bonds. The second-order valence-electron chi connectivity index (χ2n) is 22.5. The van der Waals surface area contributed by atoms with Crippen LogP contribution in [-0.2, 0) is 44.8 Å². The minimum atomic E-state index is -0.964. The lowest BCUT2D eigenvalue weighted by molar-refractivity contribution is -0.144. The number of carbonyl (C=O) groups is 6. The number of aromatic nitrogens is 2. The molecule has 6 rings (SSSR count). The average Bonchev–Trinajstić information content (AvgIpc) is 4.14. The molecule has 4 aromatic rings. The number of methoxy groups -OCH3 is 1. The number of rotatable bonds is 17. The van der Waals surface area contributed by atoms with Gasteiger partial charge in [-0.2, -0.15) is 0 Å². The highest BCUT2D eigenvalue weighted by molar-refractivity contribution is 7.13. The van der Waals surface area contributed by atoms with E-state index in [4.69, 9.17) is 9.47 Å². The second kappa shape index (κ2) is 23.3. The van der Waals surface area contributed by atoms with Crippen LogP contribution in [0, 0.1) is 23.2 Å². The monoisotopic (exact) mass is 1040 g/mol. The lowest BCUT2D eigenvalue weighted by atomic mass is 9.82. The number of β-amino-alcohol motifs (C(OH)–C–C–N with tert-alkyl or cyclic N) is 1. The van der Waals surface area contributed by atoms with Crippen LogP contribution in [0.2, 0.25) is 0 Å². The zero-order valence-corrected chi connectivity index (χ0v) is 46.1. The summed E-state index contributed by atoms with van der Waals surface area (Å²) in [6.07, 6.45) is -1.20. The van der Waals surface area contributed by atoms with E-state index in [9.17, 15) is 33.9 Å². The quantitative estimate of drug-likeness (QED) is 0.0769. The highest BCUT2D eigenvalue weighted by Crippen LogP contribution is 2.37. The van der Waals surface area contributed by atoms with Crippen LogP contribution in [-0.4, -0.2) is 123 Å². The second-order valence-corrected chi connectivity index (χ2v) is 24.2. The summed E-state index contributed by atoms with van der Waals surface area (Å²) in [7, 11) is 1.53. The molecule has 0 saturated carbocycles. The summed E-state index contributed by atoms with van der Waals surface area (Å²) < 4.78 is 12.1. The van der Waals surface area contributed by atoms with E-state index in [0.717, 1.165) is 37.7 Å². The number of amides is 6. The fourth-order valence-electron chi connectivity index (χ4n) is 9.52. The number of benzene rings is 2. The van der Waals surface area contributed by atoms with Crippen LogP contribution in [0.1, 0.15) is 124 Å². The van der Waals surface area contributed by atoms with Crippen LogP contribution >= 0.6 is 22.7 Å². The van der Waals surface area contributed by atoms with Gasteiger partial charge in [-0.3, -0.25) is 28.8 Å². The van der Waals surface area contributed by atoms with Crippen molar-refractivity contribution in [3.63, 3.8) is 0 Å². The van der Waals surface area contributed by atoms with Gasteiger partial charge in [-0.15, -0.1) is 22.7 Å². The molecular weight excluding hydrogens is 969 g/mol. The molecule has 17 nitrogen and oxygen atoms in total. The summed E-state index contributed by atoms with van der Waals surface area (Å²) >= 11 is 3.01. The largest absolute Gasteiger partial charge is 0.391 e. The van der Waals surface area contributed by atoms with Crippen molar-refractivity contribution in [2.24, 2.45) is 16.2 Å². The highest BCUT2D eigenvalue weighted by atomic mass is 32.1. The first-order valence-corrected chi connectivity index (χ1v) is 26.5. The smallest absolute Gasteiger partial charge is 0.246 e. The molecule has 2 fully saturated rings. The summed E-state index contributed by atoms with van der Waals surface area (Å²) in [6, 6.07) is 11.1. The first-order valence-electron chi connectivity index (χ1n) is 24.8. The predicted molar refractivity (Wildman–Crippen MR) is 282 cm³/mol. The lowest BCUT2D eigenvalue weighted by Crippen LogP contribution is -2.57. The summed E-state index contributed by atoms with van der Waals surface area (Å²) in [6.45, 7) is 22.3. The van der Waals surface area contributed by atoms with Crippen molar-refractivity contribution >= 4 is 58.1 Å². The van der Waals surface area contributed by atoms with Gasteiger partial charge in [-0.1, -0.05) is 111 Å². The van der Waals surface area contributed by atoms with Gasteiger partial charge in [-0.05, 0) is 45.4 Å². The highest BCUT2D eigenvalue weighted by Gasteiger charge is 2.47. The van der Waals surface area contributed by atoms with Gasteiger partial charge in [0.15, 0.2) is 0 Å². The lowest BCUT2D eigenvalue weighted by Gasteiger charge is -2.37. The SMILES string of the molecule is COC[C@H](NC(=O)C1C[C@@H](O)CN1C(=O)[C@@H](NC(C)=O)C(C)(C)C)c1ccc(-c2scnc2CO[C@@H]2C[C@@H](C(=O)N[C@H](c3ccc(-c4scnc4C)cc3)C(C)(C)C)N(C(=O)[C@@H](NC(C)=O)C(C)(C)C)C2)cc1. The van der Waals surface area contributed by atoms with E-state index >= 15 is 0 Å². The fourth-order valence-corrected chi connectivity index (χ4v) is 11.1. The Bertz CT molecular complexity index is 2600. The van der Waals surface area contributed by atoms with Crippen LogP contribution in [0.15, 0.2) is 59.6 Å². The van der Waals surface area contributed by atoms with Crippen LogP contribution in [0.5, 0.6) is 0 Å². The third-order valence-electron chi connectivity index (χ3n) is 13.4. The van der Waals surface area contributed by atoms with Crippen molar-refractivity contribution in [1.29, 1.82) is 0 Å². The van der Waals surface area contributed by atoms with Crippen molar-refractivity contribution in [3.05, 3.63) is 82.1 Å². The minimum absolute atomic E-state index is 0.0420. The number of likely N-dealkylation sites (tertiary alicyclic amines) is 2. The molecule has 19 heteroatoms. The van der Waals surface area contributed by atoms with Gasteiger partial charge in [0.2, 0.25) is 35.4 Å². The molecule has 0 aliphatic carbocycles. The Balaban J connectivity index is 1.18. The minimum Gasteiger partial charge on any atom is -0.391 e. The molecule has 2 aromatic heterocycles. The molecule has 73 heavy (non-hydrogen) atoms. The molecule has 2 aromatic carbocycles. The zero-order valence-electron chi connectivity index (χ0n) is 44.5. The zero-order chi connectivity index (χ0) is 53.7. The molecule has 0 bridgehead atoms. The van der Waals surface area contributed by atoms with E-state index < -0.39 is 76.5 Å². The van der Waals surface area contributed by atoms with Gasteiger partial charge in [0.1, 0.15) is 24.2 Å². The Kier molecular flexibility index (Phi) is 18.1. The molecular formula is C54H74N8O9S2. The first-order chi connectivity index (χ1) is 34.2. The van der Waals surface area contributed by atoms with Crippen molar-refractivity contribution < 1.29 is 43.3 Å². The number of aliphatic hydroxyl groups is 1. The maximum atomic E-state index is 14.7. The maximum absolute atomic E-state index is 14.7. The molecule has 2 saturated heterocycles. The maximum Gasteiger partial charge on any atom is 0.246 e. The molecule has 0 spiro atoms. The van der Waals surface area contributed by atoms with Gasteiger partial charge in [0, 0.05) is 46.9 Å². The first kappa shape index (κ1) is 56.7. The number of hydrogen-bond acceptors (Lipinski definition) is 13. The van der Waals surface area contributed by atoms with E-state index in [2.05, 4.69) is 52.0 Å². The number of nitrogens with zero attached hydrogens (tertiary/aromatic N) is 4. The van der Waals surface area contributed by atoms with Gasteiger partial charge >= 0.3 is 0 Å². The summed E-state index contributed by atoms with van der Waals surface area (Å²) in [5.41, 5.74) is 7.01. The topological polar surface area (TPSA) is 221 Å². The molecule has 8 atom stereocenters. The van der Waals surface area contributed by atoms with E-state index in [0.29, 0.717) is 5.69 Å². The molecule has 5 N–H and O–H groups in total. The number of thiazole rings is 2. The molecule has 2 aliphatic rings. The van der Waals surface area contributed by atoms with Gasteiger partial charge < -0.3 is 45.6 Å². The number of hydrogen-bond donors (Lipinski definition) is 5. The van der Waals surface area contributed by atoms with Crippen molar-refractivity contribution in [1.82, 2.24) is 41.0 Å². The third-order valence-corrected chi connectivity index (χ3v) is 15.3. The summed E-state index contributed by atoms with van der Waals surface area (Å²) in [4.78, 5) is 95.4. The molecule has 1 unspecified atom stereocenters. The Labute approximate surface area is 437 Å².